The van der Waals surface area contributed by atoms with Gasteiger partial charge >= 0.3 is 0 Å². The highest BCUT2D eigenvalue weighted by Gasteiger charge is 2.17. The molecule has 4 aromatic rings. The molecule has 1 saturated heterocycles. The number of methoxy groups -OCH3 is 2. The summed E-state index contributed by atoms with van der Waals surface area (Å²) in [6.45, 7) is 3.96. The zero-order chi connectivity index (χ0) is 24.4. The number of likely N-dealkylation sites (N-methyl/N-ethyl adjacent to an activating group) is 1. The highest BCUT2D eigenvalue weighted by Crippen LogP contribution is 2.32. The summed E-state index contributed by atoms with van der Waals surface area (Å²) in [5.74, 6) is 1.35. The van der Waals surface area contributed by atoms with Crippen molar-refractivity contribution in [1.29, 1.82) is 0 Å². The molecule has 1 aromatic carbocycles. The number of benzene rings is 1. The van der Waals surface area contributed by atoms with E-state index >= 15 is 0 Å². The summed E-state index contributed by atoms with van der Waals surface area (Å²) in [5, 5.41) is 7.34. The van der Waals surface area contributed by atoms with Crippen LogP contribution in [-0.4, -0.2) is 77.8 Å². The molecule has 1 aliphatic heterocycles. The summed E-state index contributed by atoms with van der Waals surface area (Å²) in [4.78, 5) is 26.3. The maximum Gasteiger partial charge on any atom is 0.277 e. The van der Waals surface area contributed by atoms with Gasteiger partial charge in [-0.2, -0.15) is 5.10 Å². The molecule has 188 valence electrons. The van der Waals surface area contributed by atoms with E-state index in [2.05, 4.69) is 37.2 Å². The van der Waals surface area contributed by atoms with E-state index in [-0.39, 0.29) is 24.0 Å². The van der Waals surface area contributed by atoms with Crippen LogP contribution in [0.5, 0.6) is 11.5 Å². The van der Waals surface area contributed by atoms with Crippen LogP contribution >= 0.6 is 12.4 Å². The highest BCUT2D eigenvalue weighted by molar-refractivity contribution is 6.03. The Balaban J connectivity index is 0.00000304. The molecule has 0 aliphatic carbocycles. The third-order valence-corrected chi connectivity index (χ3v) is 6.13. The first kappa shape index (κ1) is 25.2. The number of rotatable bonds is 6. The van der Waals surface area contributed by atoms with E-state index in [1.807, 2.05) is 36.4 Å². The van der Waals surface area contributed by atoms with E-state index in [9.17, 15) is 4.79 Å². The smallest absolute Gasteiger partial charge is 0.277 e. The molecule has 0 atom stereocenters. The number of ether oxygens (including phenoxy) is 2. The number of aromatic nitrogens is 4. The van der Waals surface area contributed by atoms with Gasteiger partial charge in [0.2, 0.25) is 0 Å². The highest BCUT2D eigenvalue weighted by atomic mass is 35.5. The van der Waals surface area contributed by atoms with Crippen molar-refractivity contribution in [2.45, 2.75) is 0 Å². The number of piperazine rings is 1. The van der Waals surface area contributed by atoms with Gasteiger partial charge in [-0.15, -0.1) is 12.4 Å². The second-order valence-electron chi connectivity index (χ2n) is 8.35. The molecule has 0 spiro atoms. The normalized spacial score (nSPS) is 13.8. The number of halogens is 1. The Labute approximate surface area is 215 Å². The molecule has 11 heteroatoms. The number of anilines is 2. The molecule has 1 fully saturated rings. The number of pyridine rings is 1. The van der Waals surface area contributed by atoms with Crippen LogP contribution in [0.25, 0.3) is 16.9 Å². The fraction of sp³-hybridized carbons (Fsp3) is 0.280. The van der Waals surface area contributed by atoms with Crippen LogP contribution in [0, 0.1) is 0 Å². The molecule has 0 bridgehead atoms. The first-order valence-corrected chi connectivity index (χ1v) is 11.3. The largest absolute Gasteiger partial charge is 0.493 e. The standard InChI is InChI=1S/C25H27N7O3.ClH/c1-30-10-12-31(13-11-30)18-5-7-23(27-16-18)28-25(33)19-15-24-26-9-8-20(32(24)29-19)17-4-6-21(34-2)22(14-17)35-3;/h4-9,14-16H,10-13H2,1-3H3,(H,27,28,33);1H. The molecule has 3 aromatic heterocycles. The van der Waals surface area contributed by atoms with Gasteiger partial charge in [0.25, 0.3) is 5.91 Å². The molecular formula is C25H28ClN7O3. The summed E-state index contributed by atoms with van der Waals surface area (Å²) in [6, 6.07) is 12.9. The van der Waals surface area contributed by atoms with Gasteiger partial charge in [0.1, 0.15) is 5.82 Å². The average Bonchev–Trinajstić information content (AvgIpc) is 3.34. The zero-order valence-corrected chi connectivity index (χ0v) is 21.2. The third-order valence-electron chi connectivity index (χ3n) is 6.13. The predicted octanol–water partition coefficient (Wildman–Crippen LogP) is 3.23. The minimum absolute atomic E-state index is 0. The molecule has 0 saturated carbocycles. The Morgan fingerprint density at radius 1 is 0.944 bits per heavy atom. The predicted molar refractivity (Wildman–Crippen MR) is 141 cm³/mol. The Hall–Kier alpha value is -3.89. The number of hydrogen-bond donors (Lipinski definition) is 1. The third kappa shape index (κ3) is 5.05. The molecule has 10 nitrogen and oxygen atoms in total. The second kappa shape index (κ2) is 10.8. The van der Waals surface area contributed by atoms with Crippen molar-refractivity contribution >= 4 is 35.5 Å². The van der Waals surface area contributed by atoms with Crippen molar-refractivity contribution < 1.29 is 14.3 Å². The van der Waals surface area contributed by atoms with Crippen molar-refractivity contribution in [3.8, 4) is 22.8 Å². The topological polar surface area (TPSA) is 97.1 Å². The van der Waals surface area contributed by atoms with Gasteiger partial charge in [0, 0.05) is 44.0 Å². The molecule has 36 heavy (non-hydrogen) atoms. The minimum atomic E-state index is -0.353. The van der Waals surface area contributed by atoms with Gasteiger partial charge in [-0.25, -0.2) is 14.5 Å². The SMILES string of the molecule is COc1ccc(-c2ccnc3cc(C(=O)Nc4ccc(N5CCN(C)CC5)cn4)nn23)cc1OC.Cl. The number of hydrogen-bond acceptors (Lipinski definition) is 8. The number of carbonyl (C=O) groups excluding carboxylic acids is 1. The molecule has 5 rings (SSSR count). The van der Waals surface area contributed by atoms with E-state index < -0.39 is 0 Å². The number of fused-ring (bicyclic) bond motifs is 1. The molecule has 1 N–H and O–H groups in total. The van der Waals surface area contributed by atoms with Gasteiger partial charge in [-0.05, 0) is 43.4 Å². The van der Waals surface area contributed by atoms with Crippen molar-refractivity contribution in [3.05, 3.63) is 60.6 Å². The summed E-state index contributed by atoms with van der Waals surface area (Å²) >= 11 is 0. The first-order valence-electron chi connectivity index (χ1n) is 11.3. The average molecular weight is 510 g/mol. The minimum Gasteiger partial charge on any atom is -0.493 e. The first-order chi connectivity index (χ1) is 17.1. The Bertz CT molecular complexity index is 1350. The molecule has 1 amide bonds. The van der Waals surface area contributed by atoms with Crippen LogP contribution in [-0.2, 0) is 0 Å². The molecule has 0 radical (unpaired) electrons. The van der Waals surface area contributed by atoms with E-state index in [1.165, 1.54) is 0 Å². The monoisotopic (exact) mass is 509 g/mol. The van der Waals surface area contributed by atoms with Crippen molar-refractivity contribution in [1.82, 2.24) is 24.5 Å². The molecule has 1 aliphatic rings. The lowest BCUT2D eigenvalue weighted by atomic mass is 10.1. The fourth-order valence-electron chi connectivity index (χ4n) is 4.11. The summed E-state index contributed by atoms with van der Waals surface area (Å²) < 4.78 is 12.4. The quantitative estimate of drug-likeness (QED) is 0.423. The van der Waals surface area contributed by atoms with Gasteiger partial charge < -0.3 is 24.6 Å². The zero-order valence-electron chi connectivity index (χ0n) is 20.3. The Morgan fingerprint density at radius 2 is 1.72 bits per heavy atom. The van der Waals surface area contributed by atoms with E-state index in [0.717, 1.165) is 43.1 Å². The molecule has 0 unspecified atom stereocenters. The molecule has 4 heterocycles. The van der Waals surface area contributed by atoms with E-state index in [0.29, 0.717) is 23.0 Å². The van der Waals surface area contributed by atoms with Crippen LogP contribution in [0.3, 0.4) is 0 Å². The van der Waals surface area contributed by atoms with Gasteiger partial charge in [-0.3, -0.25) is 4.79 Å². The van der Waals surface area contributed by atoms with Crippen molar-refractivity contribution in [3.63, 3.8) is 0 Å². The van der Waals surface area contributed by atoms with Crippen LogP contribution in [0.4, 0.5) is 11.5 Å². The van der Waals surface area contributed by atoms with Crippen LogP contribution in [0.2, 0.25) is 0 Å². The number of nitrogens with one attached hydrogen (secondary N) is 1. The molecular weight excluding hydrogens is 482 g/mol. The summed E-state index contributed by atoms with van der Waals surface area (Å²) in [6.07, 6.45) is 3.48. The van der Waals surface area contributed by atoms with Crippen molar-refractivity contribution in [2.75, 3.05) is 57.7 Å². The lowest BCUT2D eigenvalue weighted by molar-refractivity contribution is 0.102. The lowest BCUT2D eigenvalue weighted by Gasteiger charge is -2.33. The van der Waals surface area contributed by atoms with Gasteiger partial charge in [0.15, 0.2) is 22.8 Å². The van der Waals surface area contributed by atoms with E-state index in [1.54, 1.807) is 37.2 Å². The Morgan fingerprint density at radius 3 is 2.42 bits per heavy atom. The van der Waals surface area contributed by atoms with Crippen LogP contribution in [0.15, 0.2) is 54.9 Å². The number of carbonyl (C=O) groups is 1. The number of amides is 1. The van der Waals surface area contributed by atoms with Crippen molar-refractivity contribution in [2.24, 2.45) is 0 Å². The summed E-state index contributed by atoms with van der Waals surface area (Å²) in [5.41, 5.74) is 3.47. The Kier molecular flexibility index (Phi) is 7.56. The fourth-order valence-corrected chi connectivity index (χ4v) is 4.11. The van der Waals surface area contributed by atoms with Crippen LogP contribution < -0.4 is 19.7 Å². The maximum atomic E-state index is 12.9. The van der Waals surface area contributed by atoms with Gasteiger partial charge in [-0.1, -0.05) is 0 Å². The second-order valence-corrected chi connectivity index (χ2v) is 8.35. The van der Waals surface area contributed by atoms with E-state index in [4.69, 9.17) is 9.47 Å². The maximum absolute atomic E-state index is 12.9. The van der Waals surface area contributed by atoms with Crippen LogP contribution in [0.1, 0.15) is 10.5 Å². The summed E-state index contributed by atoms with van der Waals surface area (Å²) in [7, 11) is 5.31. The van der Waals surface area contributed by atoms with Gasteiger partial charge in [0.05, 0.1) is 31.8 Å². The lowest BCUT2D eigenvalue weighted by Crippen LogP contribution is -2.44. The number of nitrogens with zero attached hydrogens (tertiary/aromatic N) is 6.